The minimum atomic E-state index is -1.23. The van der Waals surface area contributed by atoms with Gasteiger partial charge in [0.05, 0.1) is 17.3 Å². The van der Waals surface area contributed by atoms with Gasteiger partial charge in [0.1, 0.15) is 0 Å². The molecule has 1 unspecified atom stereocenters. The maximum absolute atomic E-state index is 12.1. The first-order valence-corrected chi connectivity index (χ1v) is 6.35. The van der Waals surface area contributed by atoms with Gasteiger partial charge >= 0.3 is 5.97 Å². The normalized spacial score (nSPS) is 11.8. The smallest absolute Gasteiger partial charge is 0.335 e. The van der Waals surface area contributed by atoms with E-state index < -0.39 is 17.8 Å². The Balaban J connectivity index is 2.14. The van der Waals surface area contributed by atoms with Crippen LogP contribution in [-0.2, 0) is 0 Å². The molecule has 2 rings (SSSR count). The molecule has 1 N–H and O–H groups in total. The van der Waals surface area contributed by atoms with Gasteiger partial charge in [-0.1, -0.05) is 30.3 Å². The lowest BCUT2D eigenvalue weighted by Crippen LogP contribution is -2.16. The fourth-order valence-corrected chi connectivity index (χ4v) is 1.69. The van der Waals surface area contributed by atoms with Crippen molar-refractivity contribution in [2.45, 2.75) is 6.04 Å². The Morgan fingerprint density at radius 2 is 1.64 bits per heavy atom. The van der Waals surface area contributed by atoms with Crippen molar-refractivity contribution >= 4 is 17.4 Å². The van der Waals surface area contributed by atoms with Crippen molar-refractivity contribution in [2.24, 2.45) is 10.2 Å². The molecule has 0 fully saturated rings. The van der Waals surface area contributed by atoms with E-state index in [2.05, 4.69) is 10.2 Å². The van der Waals surface area contributed by atoms with Crippen LogP contribution in [0.2, 0.25) is 0 Å². The molecule has 0 aliphatic heterocycles. The highest BCUT2D eigenvalue weighted by molar-refractivity contribution is 6.01. The van der Waals surface area contributed by atoms with E-state index in [4.69, 9.17) is 10.4 Å². The molecule has 0 spiro atoms. The van der Waals surface area contributed by atoms with E-state index in [1.807, 2.05) is 0 Å². The first-order chi connectivity index (χ1) is 10.6. The van der Waals surface area contributed by atoms with Crippen molar-refractivity contribution in [3.63, 3.8) is 0 Å². The number of carboxylic acid groups (broad SMARTS) is 1. The molecule has 108 valence electrons. The monoisotopic (exact) mass is 293 g/mol. The number of hydrogen-bond acceptors (Lipinski definition) is 5. The number of rotatable bonds is 5. The predicted octanol–water partition coefficient (Wildman–Crippen LogP) is 3.24. The van der Waals surface area contributed by atoms with Crippen molar-refractivity contribution < 1.29 is 14.7 Å². The van der Waals surface area contributed by atoms with Crippen molar-refractivity contribution in [3.05, 3.63) is 65.7 Å². The Hall–Kier alpha value is -3.33. The molecule has 6 nitrogen and oxygen atoms in total. The zero-order valence-electron chi connectivity index (χ0n) is 11.4. The van der Waals surface area contributed by atoms with Gasteiger partial charge in [-0.15, -0.1) is 0 Å². The molecule has 0 aliphatic rings. The van der Waals surface area contributed by atoms with Crippen LogP contribution in [0.5, 0.6) is 0 Å². The zero-order chi connectivity index (χ0) is 15.9. The van der Waals surface area contributed by atoms with Crippen LogP contribution in [0.3, 0.4) is 0 Å². The van der Waals surface area contributed by atoms with Gasteiger partial charge in [-0.3, -0.25) is 4.79 Å². The van der Waals surface area contributed by atoms with Crippen LogP contribution in [0.4, 0.5) is 5.69 Å². The largest absolute Gasteiger partial charge is 0.478 e. The van der Waals surface area contributed by atoms with Crippen LogP contribution >= 0.6 is 0 Å². The highest BCUT2D eigenvalue weighted by Gasteiger charge is 2.18. The maximum Gasteiger partial charge on any atom is 0.335 e. The van der Waals surface area contributed by atoms with Crippen molar-refractivity contribution in [3.8, 4) is 6.07 Å². The summed E-state index contributed by atoms with van der Waals surface area (Å²) in [7, 11) is 0. The number of carbonyl (C=O) groups is 2. The lowest BCUT2D eigenvalue weighted by molar-refractivity contribution is 0.0696. The lowest BCUT2D eigenvalue weighted by atomic mass is 10.1. The summed E-state index contributed by atoms with van der Waals surface area (Å²) in [5.74, 6) is -1.48. The molecule has 0 heterocycles. The molecule has 0 aromatic heterocycles. The van der Waals surface area contributed by atoms with Crippen LogP contribution in [0.25, 0.3) is 0 Å². The van der Waals surface area contributed by atoms with E-state index in [0.717, 1.165) is 0 Å². The molecule has 0 saturated carbocycles. The molecule has 2 aromatic carbocycles. The maximum atomic E-state index is 12.1. The third-order valence-electron chi connectivity index (χ3n) is 2.83. The molecule has 0 amide bonds. The number of carbonyl (C=O) groups excluding carboxylic acids is 1. The lowest BCUT2D eigenvalue weighted by Gasteiger charge is -2.02. The fourth-order valence-electron chi connectivity index (χ4n) is 1.69. The van der Waals surface area contributed by atoms with Crippen LogP contribution in [0.1, 0.15) is 20.7 Å². The summed E-state index contributed by atoms with van der Waals surface area (Å²) >= 11 is 0. The van der Waals surface area contributed by atoms with Crippen LogP contribution in [0, 0.1) is 11.3 Å². The molecular weight excluding hydrogens is 282 g/mol. The van der Waals surface area contributed by atoms with Crippen molar-refractivity contribution in [2.75, 3.05) is 0 Å². The van der Waals surface area contributed by atoms with Gasteiger partial charge in [0, 0.05) is 5.56 Å². The SMILES string of the molecule is N#CC(/N=N/c1ccc(C(=O)O)cc1)C(=O)c1ccccc1. The van der Waals surface area contributed by atoms with Gasteiger partial charge in [0.2, 0.25) is 11.8 Å². The summed E-state index contributed by atoms with van der Waals surface area (Å²) in [6.45, 7) is 0. The quantitative estimate of drug-likeness (QED) is 0.675. The van der Waals surface area contributed by atoms with Crippen molar-refractivity contribution in [1.82, 2.24) is 0 Å². The highest BCUT2D eigenvalue weighted by atomic mass is 16.4. The Morgan fingerprint density at radius 3 is 2.18 bits per heavy atom. The molecule has 0 radical (unpaired) electrons. The first-order valence-electron chi connectivity index (χ1n) is 6.35. The summed E-state index contributed by atoms with van der Waals surface area (Å²) in [6.07, 6.45) is 0. The summed E-state index contributed by atoms with van der Waals surface area (Å²) in [4.78, 5) is 22.8. The van der Waals surface area contributed by atoms with E-state index in [9.17, 15) is 9.59 Å². The topological polar surface area (TPSA) is 103 Å². The molecular formula is C16H11N3O3. The van der Waals surface area contributed by atoms with Gasteiger partial charge in [0.15, 0.2) is 0 Å². The fraction of sp³-hybridized carbons (Fsp3) is 0.0625. The standard InChI is InChI=1S/C16H11N3O3/c17-10-14(15(20)11-4-2-1-3-5-11)19-18-13-8-6-12(7-9-13)16(21)22/h1-9,14H,(H,21,22)/b19-18+. The van der Waals surface area contributed by atoms with Gasteiger partial charge in [-0.2, -0.15) is 15.5 Å². The zero-order valence-corrected chi connectivity index (χ0v) is 11.4. The first kappa shape index (κ1) is 15.1. The molecule has 0 saturated heterocycles. The molecule has 6 heteroatoms. The third kappa shape index (κ3) is 3.61. The Labute approximate surface area is 126 Å². The average molecular weight is 293 g/mol. The number of carboxylic acids is 1. The Kier molecular flexibility index (Phi) is 4.73. The predicted molar refractivity (Wildman–Crippen MR) is 78.1 cm³/mol. The number of hydrogen-bond donors (Lipinski definition) is 1. The van der Waals surface area contributed by atoms with E-state index >= 15 is 0 Å². The number of benzene rings is 2. The molecule has 0 bridgehead atoms. The van der Waals surface area contributed by atoms with Crippen LogP contribution in [-0.4, -0.2) is 22.9 Å². The summed E-state index contributed by atoms with van der Waals surface area (Å²) in [6, 6.07) is 14.6. The summed E-state index contributed by atoms with van der Waals surface area (Å²) in [5.41, 5.74) is 0.872. The minimum Gasteiger partial charge on any atom is -0.478 e. The number of nitrogens with zero attached hydrogens (tertiary/aromatic N) is 3. The van der Waals surface area contributed by atoms with Crippen LogP contribution < -0.4 is 0 Å². The second kappa shape index (κ2) is 6.90. The van der Waals surface area contributed by atoms with Gasteiger partial charge in [-0.25, -0.2) is 4.79 Å². The van der Waals surface area contributed by atoms with E-state index in [0.29, 0.717) is 11.3 Å². The number of azo groups is 1. The van der Waals surface area contributed by atoms with Crippen molar-refractivity contribution in [1.29, 1.82) is 5.26 Å². The number of Topliss-reactive ketones (excluding diaryl/α,β-unsaturated/α-hetero) is 1. The molecule has 22 heavy (non-hydrogen) atoms. The number of aromatic carboxylic acids is 1. The Bertz CT molecular complexity index is 746. The number of nitriles is 1. The van der Waals surface area contributed by atoms with Gasteiger partial charge in [-0.05, 0) is 24.3 Å². The molecule has 2 aromatic rings. The van der Waals surface area contributed by atoms with Crippen LogP contribution in [0.15, 0.2) is 64.8 Å². The second-order valence-corrected chi connectivity index (χ2v) is 4.33. The summed E-state index contributed by atoms with van der Waals surface area (Å²) in [5, 5.41) is 25.4. The second-order valence-electron chi connectivity index (χ2n) is 4.33. The molecule has 1 atom stereocenters. The minimum absolute atomic E-state index is 0.121. The van der Waals surface area contributed by atoms with E-state index in [-0.39, 0.29) is 5.56 Å². The summed E-state index contributed by atoms with van der Waals surface area (Å²) < 4.78 is 0. The van der Waals surface area contributed by atoms with Gasteiger partial charge in [0.25, 0.3) is 0 Å². The number of ketones is 1. The third-order valence-corrected chi connectivity index (χ3v) is 2.83. The average Bonchev–Trinajstić information content (AvgIpc) is 2.56. The van der Waals surface area contributed by atoms with E-state index in [1.165, 1.54) is 24.3 Å². The van der Waals surface area contributed by atoms with E-state index in [1.54, 1.807) is 36.4 Å². The Morgan fingerprint density at radius 1 is 1.00 bits per heavy atom. The van der Waals surface area contributed by atoms with Gasteiger partial charge < -0.3 is 5.11 Å². The highest BCUT2D eigenvalue weighted by Crippen LogP contribution is 2.15. The molecule has 0 aliphatic carbocycles.